The molecule has 1 N–H and O–H groups in total. The van der Waals surface area contributed by atoms with E-state index in [0.717, 1.165) is 10.0 Å². The zero-order chi connectivity index (χ0) is 13.7. The van der Waals surface area contributed by atoms with E-state index in [2.05, 4.69) is 31.1 Å². The highest BCUT2D eigenvalue weighted by Crippen LogP contribution is 2.20. The smallest absolute Gasteiger partial charge is 0.303 e. The third-order valence-electron chi connectivity index (χ3n) is 2.45. The van der Waals surface area contributed by atoms with E-state index in [9.17, 15) is 4.79 Å². The van der Waals surface area contributed by atoms with Crippen molar-refractivity contribution < 1.29 is 14.3 Å². The van der Waals surface area contributed by atoms with Gasteiger partial charge in [0.15, 0.2) is 0 Å². The van der Waals surface area contributed by atoms with E-state index in [1.807, 2.05) is 6.07 Å². The van der Waals surface area contributed by atoms with Gasteiger partial charge in [0.05, 0.1) is 5.56 Å². The predicted octanol–water partition coefficient (Wildman–Crippen LogP) is 2.69. The van der Waals surface area contributed by atoms with Gasteiger partial charge in [-0.3, -0.25) is 9.78 Å². The average Bonchev–Trinajstić information content (AvgIpc) is 2.83. The number of aryl methyl sites for hydroxylation is 1. The Kier molecular flexibility index (Phi) is 4.62. The minimum atomic E-state index is -0.786. The van der Waals surface area contributed by atoms with Gasteiger partial charge in [0.1, 0.15) is 0 Å². The van der Waals surface area contributed by atoms with Crippen LogP contribution >= 0.6 is 15.9 Å². The molecule has 0 aliphatic carbocycles. The number of nitrogens with zero attached hydrogens (tertiary/aromatic N) is 3. The maximum Gasteiger partial charge on any atom is 0.303 e. The molecule has 0 atom stereocenters. The molecule has 2 heterocycles. The fourth-order valence-electron chi connectivity index (χ4n) is 1.55. The van der Waals surface area contributed by atoms with Gasteiger partial charge in [-0.2, -0.15) is 0 Å². The molecule has 6 nitrogen and oxygen atoms in total. The van der Waals surface area contributed by atoms with Crippen LogP contribution < -0.4 is 0 Å². The molecule has 0 fully saturated rings. The molecule has 0 saturated carbocycles. The van der Waals surface area contributed by atoms with Crippen LogP contribution in [0.1, 0.15) is 25.2 Å². The molecular weight excluding hydrogens is 314 g/mol. The van der Waals surface area contributed by atoms with Crippen LogP contribution in [0.25, 0.3) is 11.5 Å². The van der Waals surface area contributed by atoms with Gasteiger partial charge in [0.2, 0.25) is 11.8 Å². The molecule has 0 bridgehead atoms. The SMILES string of the molecule is O=C(O)CCCCc1nnc(-c2cncc(Br)c2)o1. The molecule has 7 heteroatoms. The van der Waals surface area contributed by atoms with Crippen LogP contribution in [-0.2, 0) is 11.2 Å². The van der Waals surface area contributed by atoms with Crippen molar-refractivity contribution >= 4 is 21.9 Å². The molecule has 0 amide bonds. The number of aliphatic carboxylic acids is 1. The van der Waals surface area contributed by atoms with E-state index < -0.39 is 5.97 Å². The van der Waals surface area contributed by atoms with E-state index >= 15 is 0 Å². The molecule has 0 radical (unpaired) electrons. The van der Waals surface area contributed by atoms with Crippen molar-refractivity contribution in [3.8, 4) is 11.5 Å². The summed E-state index contributed by atoms with van der Waals surface area (Å²) in [4.78, 5) is 14.4. The topological polar surface area (TPSA) is 89.1 Å². The molecule has 2 aromatic heterocycles. The molecular formula is C12H12BrN3O3. The van der Waals surface area contributed by atoms with Crippen LogP contribution in [0.5, 0.6) is 0 Å². The lowest BCUT2D eigenvalue weighted by atomic mass is 10.2. The minimum Gasteiger partial charge on any atom is -0.481 e. The Hall–Kier alpha value is -1.76. The fourth-order valence-corrected chi connectivity index (χ4v) is 1.92. The maximum absolute atomic E-state index is 10.4. The van der Waals surface area contributed by atoms with Gasteiger partial charge in [-0.25, -0.2) is 0 Å². The first-order valence-electron chi connectivity index (χ1n) is 5.80. The van der Waals surface area contributed by atoms with Gasteiger partial charge < -0.3 is 9.52 Å². The highest BCUT2D eigenvalue weighted by Gasteiger charge is 2.09. The van der Waals surface area contributed by atoms with Gasteiger partial charge in [-0.1, -0.05) is 0 Å². The lowest BCUT2D eigenvalue weighted by Gasteiger charge is -1.95. The summed E-state index contributed by atoms with van der Waals surface area (Å²) in [6.45, 7) is 0. The third-order valence-corrected chi connectivity index (χ3v) is 2.88. The summed E-state index contributed by atoms with van der Waals surface area (Å²) < 4.78 is 6.34. The lowest BCUT2D eigenvalue weighted by molar-refractivity contribution is -0.137. The summed E-state index contributed by atoms with van der Waals surface area (Å²) in [5.74, 6) is 0.147. The summed E-state index contributed by atoms with van der Waals surface area (Å²) in [7, 11) is 0. The monoisotopic (exact) mass is 325 g/mol. The van der Waals surface area contributed by atoms with Crippen molar-refractivity contribution in [1.82, 2.24) is 15.2 Å². The number of hydrogen-bond donors (Lipinski definition) is 1. The summed E-state index contributed by atoms with van der Waals surface area (Å²) in [6, 6.07) is 1.84. The highest BCUT2D eigenvalue weighted by molar-refractivity contribution is 9.10. The minimum absolute atomic E-state index is 0.163. The van der Waals surface area contributed by atoms with Crippen molar-refractivity contribution in [2.75, 3.05) is 0 Å². The Morgan fingerprint density at radius 3 is 2.89 bits per heavy atom. The summed E-state index contributed by atoms with van der Waals surface area (Å²) in [5.41, 5.74) is 0.749. The predicted molar refractivity (Wildman–Crippen MR) is 70.4 cm³/mol. The fraction of sp³-hybridized carbons (Fsp3) is 0.333. The van der Waals surface area contributed by atoms with Gasteiger partial charge >= 0.3 is 5.97 Å². The van der Waals surface area contributed by atoms with Gasteiger partial charge in [-0.05, 0) is 34.8 Å². The number of carbonyl (C=O) groups is 1. The van der Waals surface area contributed by atoms with Crippen LogP contribution in [0.3, 0.4) is 0 Å². The number of aromatic nitrogens is 3. The van der Waals surface area contributed by atoms with Crippen molar-refractivity contribution in [1.29, 1.82) is 0 Å². The highest BCUT2D eigenvalue weighted by atomic mass is 79.9. The van der Waals surface area contributed by atoms with Crippen molar-refractivity contribution in [2.45, 2.75) is 25.7 Å². The van der Waals surface area contributed by atoms with Crippen LogP contribution in [0.15, 0.2) is 27.3 Å². The molecule has 0 saturated heterocycles. The van der Waals surface area contributed by atoms with Crippen LogP contribution in [0, 0.1) is 0 Å². The molecule has 0 aromatic carbocycles. The zero-order valence-electron chi connectivity index (χ0n) is 10.0. The van der Waals surface area contributed by atoms with E-state index in [1.54, 1.807) is 12.4 Å². The zero-order valence-corrected chi connectivity index (χ0v) is 11.6. The van der Waals surface area contributed by atoms with Crippen molar-refractivity contribution in [2.24, 2.45) is 0 Å². The molecule has 100 valence electrons. The number of halogens is 1. The molecule has 2 rings (SSSR count). The number of carboxylic acid groups (broad SMARTS) is 1. The molecule has 2 aromatic rings. The van der Waals surface area contributed by atoms with E-state index in [-0.39, 0.29) is 6.42 Å². The quantitative estimate of drug-likeness (QED) is 0.821. The maximum atomic E-state index is 10.4. The second kappa shape index (κ2) is 6.42. The van der Waals surface area contributed by atoms with Gasteiger partial charge in [0, 0.05) is 29.7 Å². The second-order valence-electron chi connectivity index (χ2n) is 3.99. The Bertz CT molecular complexity index is 571. The van der Waals surface area contributed by atoms with E-state index in [0.29, 0.717) is 31.0 Å². The molecule has 0 unspecified atom stereocenters. The number of unbranched alkanes of at least 4 members (excludes halogenated alkanes) is 1. The van der Waals surface area contributed by atoms with Crippen molar-refractivity contribution in [3.05, 3.63) is 28.8 Å². The normalized spacial score (nSPS) is 10.6. The molecule has 0 aliphatic rings. The van der Waals surface area contributed by atoms with Crippen LogP contribution in [0.2, 0.25) is 0 Å². The number of carboxylic acids is 1. The number of hydrogen-bond acceptors (Lipinski definition) is 5. The standard InChI is InChI=1S/C12H12BrN3O3/c13-9-5-8(6-14-7-9)12-16-15-10(19-12)3-1-2-4-11(17)18/h5-7H,1-4H2,(H,17,18). The first kappa shape index (κ1) is 13.7. The molecule has 19 heavy (non-hydrogen) atoms. The van der Waals surface area contributed by atoms with E-state index in [1.165, 1.54) is 0 Å². The summed E-state index contributed by atoms with van der Waals surface area (Å²) >= 11 is 3.32. The second-order valence-corrected chi connectivity index (χ2v) is 4.91. The van der Waals surface area contributed by atoms with E-state index in [4.69, 9.17) is 9.52 Å². The molecule has 0 aliphatic heterocycles. The Labute approximate surface area is 118 Å². The summed E-state index contributed by atoms with van der Waals surface area (Å²) in [5, 5.41) is 16.4. The molecule has 0 spiro atoms. The van der Waals surface area contributed by atoms with Crippen LogP contribution in [0.4, 0.5) is 0 Å². The third kappa shape index (κ3) is 4.13. The Balaban J connectivity index is 1.94. The van der Waals surface area contributed by atoms with Crippen molar-refractivity contribution in [3.63, 3.8) is 0 Å². The lowest BCUT2D eigenvalue weighted by Crippen LogP contribution is -1.95. The van der Waals surface area contributed by atoms with Gasteiger partial charge in [0.25, 0.3) is 0 Å². The average molecular weight is 326 g/mol. The summed E-state index contributed by atoms with van der Waals surface area (Å²) in [6.07, 6.45) is 5.38. The van der Waals surface area contributed by atoms with Gasteiger partial charge in [-0.15, -0.1) is 10.2 Å². The largest absolute Gasteiger partial charge is 0.481 e. The first-order chi connectivity index (χ1) is 9.15. The van der Waals surface area contributed by atoms with Crippen LogP contribution in [-0.4, -0.2) is 26.3 Å². The number of rotatable bonds is 6. The number of pyridine rings is 1. The Morgan fingerprint density at radius 1 is 1.32 bits per heavy atom. The Morgan fingerprint density at radius 2 is 2.16 bits per heavy atom. The first-order valence-corrected chi connectivity index (χ1v) is 6.59.